The summed E-state index contributed by atoms with van der Waals surface area (Å²) in [7, 11) is 0. The number of pyridine rings is 1. The zero-order chi connectivity index (χ0) is 17.2. The van der Waals surface area contributed by atoms with Crippen LogP contribution >= 0.6 is 0 Å². The van der Waals surface area contributed by atoms with Crippen LogP contribution in [0.4, 0.5) is 0 Å². The Kier molecular flexibility index (Phi) is 4.14. The monoisotopic (exact) mass is 336 g/mol. The number of hydrogen-bond donors (Lipinski definition) is 0. The van der Waals surface area contributed by atoms with Gasteiger partial charge in [0.2, 0.25) is 11.8 Å². The Morgan fingerprint density at radius 1 is 1.32 bits per heavy atom. The molecule has 0 spiro atoms. The van der Waals surface area contributed by atoms with Crippen LogP contribution in [0.15, 0.2) is 36.7 Å². The van der Waals surface area contributed by atoms with Gasteiger partial charge in [0.05, 0.1) is 25.2 Å². The summed E-state index contributed by atoms with van der Waals surface area (Å²) in [6.45, 7) is 1.85. The Labute approximate surface area is 146 Å². The molecule has 2 aromatic heterocycles. The lowest BCUT2D eigenvalue weighted by Crippen LogP contribution is -2.38. The van der Waals surface area contributed by atoms with E-state index in [9.17, 15) is 4.79 Å². The van der Waals surface area contributed by atoms with E-state index in [-0.39, 0.29) is 12.0 Å². The van der Waals surface area contributed by atoms with E-state index in [2.05, 4.69) is 15.6 Å². The fourth-order valence-corrected chi connectivity index (χ4v) is 3.20. The van der Waals surface area contributed by atoms with Gasteiger partial charge in [-0.05, 0) is 37.0 Å². The number of aromatic nitrogens is 2. The van der Waals surface area contributed by atoms with Crippen LogP contribution in [-0.2, 0) is 17.9 Å². The molecule has 4 rings (SSSR count). The van der Waals surface area contributed by atoms with Crippen molar-refractivity contribution in [1.82, 2.24) is 14.5 Å². The fraction of sp³-hybridized carbons (Fsp3) is 0.421. The predicted molar refractivity (Wildman–Crippen MR) is 90.6 cm³/mol. The number of rotatable bonds is 4. The molecule has 0 bridgehead atoms. The van der Waals surface area contributed by atoms with Gasteiger partial charge < -0.3 is 14.2 Å². The van der Waals surface area contributed by atoms with Gasteiger partial charge in [-0.1, -0.05) is 0 Å². The van der Waals surface area contributed by atoms with Gasteiger partial charge in [0, 0.05) is 30.6 Å². The third kappa shape index (κ3) is 3.66. The summed E-state index contributed by atoms with van der Waals surface area (Å²) in [5, 5.41) is 8.87. The maximum atomic E-state index is 12.6. The molecule has 6 nitrogen and oxygen atoms in total. The van der Waals surface area contributed by atoms with Gasteiger partial charge in [-0.3, -0.25) is 4.79 Å². The summed E-state index contributed by atoms with van der Waals surface area (Å²) in [6, 6.07) is 9.50. The van der Waals surface area contributed by atoms with Crippen molar-refractivity contribution in [3.8, 4) is 11.9 Å². The number of hydrogen-bond acceptors (Lipinski definition) is 4. The standard InChI is InChI=1S/C19H20N4O2/c20-9-15-5-6-18(21-10-15)25-17-12-22-7-1-2-16(22)11-23(13-17)19(24)8-14-3-4-14/h1-2,5-7,10,14,17H,3-4,8,11-13H2/t17-/m0/s1. The van der Waals surface area contributed by atoms with Gasteiger partial charge in [-0.15, -0.1) is 0 Å². The first-order chi connectivity index (χ1) is 12.2. The van der Waals surface area contributed by atoms with Crippen LogP contribution in [0.3, 0.4) is 0 Å². The van der Waals surface area contributed by atoms with E-state index in [0.717, 1.165) is 5.69 Å². The number of carbonyl (C=O) groups excluding carboxylic acids is 1. The van der Waals surface area contributed by atoms with Crippen molar-refractivity contribution in [1.29, 1.82) is 5.26 Å². The molecule has 1 fully saturated rings. The average Bonchev–Trinajstić information content (AvgIpc) is 3.36. The second-order valence-electron chi connectivity index (χ2n) is 6.81. The highest BCUT2D eigenvalue weighted by Gasteiger charge is 2.30. The van der Waals surface area contributed by atoms with Gasteiger partial charge in [0.15, 0.2) is 0 Å². The average molecular weight is 336 g/mol. The Morgan fingerprint density at radius 3 is 2.92 bits per heavy atom. The second kappa shape index (κ2) is 6.60. The van der Waals surface area contributed by atoms with E-state index in [4.69, 9.17) is 10.00 Å². The van der Waals surface area contributed by atoms with E-state index < -0.39 is 0 Å². The van der Waals surface area contributed by atoms with Gasteiger partial charge in [0.1, 0.15) is 12.2 Å². The Balaban J connectivity index is 1.51. The summed E-state index contributed by atoms with van der Waals surface area (Å²) in [5.41, 5.74) is 1.63. The first-order valence-corrected chi connectivity index (χ1v) is 8.66. The van der Waals surface area contributed by atoms with E-state index in [1.165, 1.54) is 19.0 Å². The maximum Gasteiger partial charge on any atom is 0.223 e. The lowest BCUT2D eigenvalue weighted by Gasteiger charge is -2.24. The van der Waals surface area contributed by atoms with Crippen LogP contribution in [-0.4, -0.2) is 33.0 Å². The summed E-state index contributed by atoms with van der Waals surface area (Å²) in [4.78, 5) is 18.7. The Bertz CT molecular complexity index is 802. The number of carbonyl (C=O) groups is 1. The molecule has 0 radical (unpaired) electrons. The molecule has 1 aliphatic heterocycles. The molecule has 1 saturated carbocycles. The molecular weight excluding hydrogens is 316 g/mol. The van der Waals surface area contributed by atoms with Crippen LogP contribution < -0.4 is 4.74 Å². The van der Waals surface area contributed by atoms with Crippen molar-refractivity contribution in [2.75, 3.05) is 6.54 Å². The highest BCUT2D eigenvalue weighted by Crippen LogP contribution is 2.33. The van der Waals surface area contributed by atoms with Crippen LogP contribution in [0.5, 0.6) is 5.88 Å². The minimum absolute atomic E-state index is 0.169. The summed E-state index contributed by atoms with van der Waals surface area (Å²) in [6.07, 6.45) is 6.34. The third-order valence-corrected chi connectivity index (χ3v) is 4.77. The normalized spacial score (nSPS) is 19.6. The quantitative estimate of drug-likeness (QED) is 0.859. The van der Waals surface area contributed by atoms with Gasteiger partial charge in [0.25, 0.3) is 0 Å². The van der Waals surface area contributed by atoms with Crippen molar-refractivity contribution in [3.05, 3.63) is 47.9 Å². The molecule has 0 saturated heterocycles. The van der Waals surface area contributed by atoms with Crippen molar-refractivity contribution in [2.45, 2.75) is 38.5 Å². The van der Waals surface area contributed by atoms with E-state index in [1.807, 2.05) is 23.2 Å². The zero-order valence-corrected chi connectivity index (χ0v) is 14.0. The highest BCUT2D eigenvalue weighted by atomic mass is 16.5. The Morgan fingerprint density at radius 2 is 2.20 bits per heavy atom. The largest absolute Gasteiger partial charge is 0.471 e. The molecule has 2 aromatic rings. The van der Waals surface area contributed by atoms with Gasteiger partial charge in [-0.2, -0.15) is 5.26 Å². The van der Waals surface area contributed by atoms with Crippen molar-refractivity contribution >= 4 is 5.91 Å². The molecule has 6 heteroatoms. The Hall–Kier alpha value is -2.81. The topological polar surface area (TPSA) is 71.2 Å². The predicted octanol–water partition coefficient (Wildman–Crippen LogP) is 2.34. The molecular formula is C19H20N4O2. The number of nitrogens with zero attached hydrogens (tertiary/aromatic N) is 4. The summed E-state index contributed by atoms with van der Waals surface area (Å²) in [5.74, 6) is 1.26. The SMILES string of the molecule is N#Cc1ccc(O[C@@H]2CN(C(=O)CC3CC3)Cc3cccn3C2)nc1. The third-order valence-electron chi connectivity index (χ3n) is 4.77. The van der Waals surface area contributed by atoms with Crippen molar-refractivity contribution in [3.63, 3.8) is 0 Å². The molecule has 1 aliphatic carbocycles. The number of fused-ring (bicyclic) bond motifs is 1. The lowest BCUT2D eigenvalue weighted by molar-refractivity contribution is -0.133. The van der Waals surface area contributed by atoms with Crippen LogP contribution in [0.2, 0.25) is 0 Å². The molecule has 0 aromatic carbocycles. The van der Waals surface area contributed by atoms with Crippen LogP contribution in [0.25, 0.3) is 0 Å². The molecule has 1 amide bonds. The molecule has 0 N–H and O–H groups in total. The molecule has 25 heavy (non-hydrogen) atoms. The molecule has 3 heterocycles. The van der Waals surface area contributed by atoms with Gasteiger partial charge in [-0.25, -0.2) is 4.98 Å². The van der Waals surface area contributed by atoms with Crippen molar-refractivity contribution < 1.29 is 9.53 Å². The fourth-order valence-electron chi connectivity index (χ4n) is 3.20. The lowest BCUT2D eigenvalue weighted by atomic mass is 10.2. The number of nitriles is 1. The van der Waals surface area contributed by atoms with E-state index in [1.54, 1.807) is 12.1 Å². The first kappa shape index (κ1) is 15.7. The molecule has 128 valence electrons. The van der Waals surface area contributed by atoms with Crippen LogP contribution in [0, 0.1) is 17.2 Å². The number of amides is 1. The van der Waals surface area contributed by atoms with E-state index >= 15 is 0 Å². The minimum Gasteiger partial charge on any atom is -0.471 e. The molecule has 2 aliphatic rings. The van der Waals surface area contributed by atoms with E-state index in [0.29, 0.717) is 43.4 Å². The summed E-state index contributed by atoms with van der Waals surface area (Å²) < 4.78 is 8.16. The minimum atomic E-state index is -0.169. The second-order valence-corrected chi connectivity index (χ2v) is 6.81. The van der Waals surface area contributed by atoms with Gasteiger partial charge >= 0.3 is 0 Å². The first-order valence-electron chi connectivity index (χ1n) is 8.66. The smallest absolute Gasteiger partial charge is 0.223 e. The summed E-state index contributed by atoms with van der Waals surface area (Å²) >= 11 is 0. The maximum absolute atomic E-state index is 12.6. The van der Waals surface area contributed by atoms with Crippen LogP contribution in [0.1, 0.15) is 30.5 Å². The molecule has 1 atom stereocenters. The molecule has 0 unspecified atom stereocenters. The highest BCUT2D eigenvalue weighted by molar-refractivity contribution is 5.76. The number of ether oxygens (including phenoxy) is 1. The zero-order valence-electron chi connectivity index (χ0n) is 14.0. The van der Waals surface area contributed by atoms with Crippen molar-refractivity contribution in [2.24, 2.45) is 5.92 Å².